The van der Waals surface area contributed by atoms with Crippen LogP contribution < -0.4 is 5.32 Å². The summed E-state index contributed by atoms with van der Waals surface area (Å²) >= 11 is 0. The van der Waals surface area contributed by atoms with E-state index in [9.17, 15) is 8.42 Å². The normalized spacial score (nSPS) is 13.5. The summed E-state index contributed by atoms with van der Waals surface area (Å²) in [6.07, 6.45) is 3.37. The molecule has 1 atom stereocenters. The third-order valence-electron chi connectivity index (χ3n) is 2.64. The van der Waals surface area contributed by atoms with Crippen molar-refractivity contribution in [3.8, 4) is 0 Å². The van der Waals surface area contributed by atoms with Crippen LogP contribution in [0.2, 0.25) is 0 Å². The maximum atomic E-state index is 11.1. The Balaban J connectivity index is 2.56. The van der Waals surface area contributed by atoms with Crippen LogP contribution in [0.5, 0.6) is 0 Å². The summed E-state index contributed by atoms with van der Waals surface area (Å²) in [6.45, 7) is 2.65. The molecule has 96 valence electrons. The van der Waals surface area contributed by atoms with Crippen LogP contribution in [0.15, 0.2) is 30.3 Å². The average molecular weight is 255 g/mol. The lowest BCUT2D eigenvalue weighted by Gasteiger charge is -2.18. The van der Waals surface area contributed by atoms with Gasteiger partial charge in [0.1, 0.15) is 9.84 Å². The maximum absolute atomic E-state index is 11.1. The number of hydrogen-bond acceptors (Lipinski definition) is 3. The number of benzene rings is 1. The molecule has 0 spiro atoms. The average Bonchev–Trinajstić information content (AvgIpc) is 2.27. The molecular weight excluding hydrogens is 234 g/mol. The lowest BCUT2D eigenvalue weighted by molar-refractivity contribution is 0.507. The van der Waals surface area contributed by atoms with E-state index in [1.54, 1.807) is 0 Å². The molecule has 0 aliphatic heterocycles. The molecule has 0 saturated carbocycles. The highest BCUT2D eigenvalue weighted by molar-refractivity contribution is 7.90. The molecule has 0 fully saturated rings. The minimum absolute atomic E-state index is 0.194. The second-order valence-corrected chi connectivity index (χ2v) is 6.60. The Morgan fingerprint density at radius 3 is 2.41 bits per heavy atom. The molecule has 0 aliphatic carbocycles. The monoisotopic (exact) mass is 255 g/mol. The first-order chi connectivity index (χ1) is 8.03. The van der Waals surface area contributed by atoms with Gasteiger partial charge in [-0.05, 0) is 12.0 Å². The second-order valence-electron chi connectivity index (χ2n) is 4.34. The van der Waals surface area contributed by atoms with Gasteiger partial charge in [-0.15, -0.1) is 0 Å². The number of hydrogen-bond donors (Lipinski definition) is 1. The lowest BCUT2D eigenvalue weighted by atomic mass is 10.0. The van der Waals surface area contributed by atoms with Crippen molar-refractivity contribution in [2.45, 2.75) is 25.8 Å². The number of nitrogens with one attached hydrogen (secondary N) is 1. The van der Waals surface area contributed by atoms with Crippen molar-refractivity contribution in [1.29, 1.82) is 0 Å². The molecule has 1 rings (SSSR count). The van der Waals surface area contributed by atoms with Gasteiger partial charge in [-0.3, -0.25) is 0 Å². The highest BCUT2D eigenvalue weighted by Crippen LogP contribution is 2.17. The first-order valence-electron chi connectivity index (χ1n) is 5.99. The maximum Gasteiger partial charge on any atom is 0.148 e. The van der Waals surface area contributed by atoms with E-state index in [0.29, 0.717) is 6.54 Å². The van der Waals surface area contributed by atoms with Gasteiger partial charge in [-0.2, -0.15) is 0 Å². The van der Waals surface area contributed by atoms with Gasteiger partial charge in [-0.1, -0.05) is 43.7 Å². The van der Waals surface area contributed by atoms with Crippen LogP contribution in [-0.4, -0.2) is 27.0 Å². The van der Waals surface area contributed by atoms with Crippen LogP contribution in [0.3, 0.4) is 0 Å². The van der Waals surface area contributed by atoms with Gasteiger partial charge in [0.25, 0.3) is 0 Å². The second kappa shape index (κ2) is 6.77. The van der Waals surface area contributed by atoms with Gasteiger partial charge in [0.15, 0.2) is 0 Å². The molecule has 0 heterocycles. The van der Waals surface area contributed by atoms with Gasteiger partial charge in [-0.25, -0.2) is 8.42 Å². The van der Waals surface area contributed by atoms with Crippen molar-refractivity contribution in [3.05, 3.63) is 35.9 Å². The van der Waals surface area contributed by atoms with Crippen molar-refractivity contribution >= 4 is 9.84 Å². The fourth-order valence-electron chi connectivity index (χ4n) is 1.78. The first-order valence-corrected chi connectivity index (χ1v) is 8.05. The predicted molar refractivity (Wildman–Crippen MR) is 71.8 cm³/mol. The third kappa shape index (κ3) is 5.84. The van der Waals surface area contributed by atoms with Gasteiger partial charge in [0.05, 0.1) is 5.75 Å². The Hall–Kier alpha value is -0.870. The predicted octanol–water partition coefficient (Wildman–Crippen LogP) is 2.16. The highest BCUT2D eigenvalue weighted by atomic mass is 32.2. The largest absolute Gasteiger partial charge is 0.309 e. The minimum atomic E-state index is -2.88. The van der Waals surface area contributed by atoms with Gasteiger partial charge in [0.2, 0.25) is 0 Å². The summed E-state index contributed by atoms with van der Waals surface area (Å²) in [7, 11) is -2.88. The number of rotatable bonds is 7. The topological polar surface area (TPSA) is 46.2 Å². The Morgan fingerprint density at radius 2 is 1.88 bits per heavy atom. The van der Waals surface area contributed by atoms with E-state index in [4.69, 9.17) is 0 Å². The Morgan fingerprint density at radius 1 is 1.24 bits per heavy atom. The van der Waals surface area contributed by atoms with E-state index in [2.05, 4.69) is 24.4 Å². The summed E-state index contributed by atoms with van der Waals surface area (Å²) in [6, 6.07) is 10.4. The molecule has 0 radical (unpaired) electrons. The number of sulfone groups is 1. The molecule has 0 aliphatic rings. The van der Waals surface area contributed by atoms with E-state index >= 15 is 0 Å². The standard InChI is InChI=1S/C13H21NO2S/c1-3-7-13(12-8-5-4-6-9-12)14-10-11-17(2,15)16/h4-6,8-9,13-14H,3,7,10-11H2,1-2H3. The van der Waals surface area contributed by atoms with Crippen molar-refractivity contribution in [2.75, 3.05) is 18.6 Å². The SMILES string of the molecule is CCCC(NCCS(C)(=O)=O)c1ccccc1. The van der Waals surface area contributed by atoms with Crippen LogP contribution in [-0.2, 0) is 9.84 Å². The molecule has 4 heteroatoms. The van der Waals surface area contributed by atoms with Crippen LogP contribution in [0.25, 0.3) is 0 Å². The Bertz CT molecular complexity index is 414. The minimum Gasteiger partial charge on any atom is -0.309 e. The van der Waals surface area contributed by atoms with Crippen LogP contribution >= 0.6 is 0 Å². The molecule has 0 bridgehead atoms. The van der Waals surface area contributed by atoms with E-state index in [-0.39, 0.29) is 11.8 Å². The lowest BCUT2D eigenvalue weighted by Crippen LogP contribution is -2.27. The van der Waals surface area contributed by atoms with E-state index in [1.165, 1.54) is 11.8 Å². The molecule has 0 aromatic heterocycles. The summed E-state index contributed by atoms with van der Waals surface area (Å²) < 4.78 is 22.1. The molecule has 1 unspecified atom stereocenters. The quantitative estimate of drug-likeness (QED) is 0.812. The zero-order valence-electron chi connectivity index (χ0n) is 10.5. The fourth-order valence-corrected chi connectivity index (χ4v) is 2.27. The van der Waals surface area contributed by atoms with Crippen LogP contribution in [0.4, 0.5) is 0 Å². The van der Waals surface area contributed by atoms with Gasteiger partial charge in [0, 0.05) is 18.8 Å². The zero-order chi connectivity index (χ0) is 12.7. The summed E-state index contributed by atoms with van der Waals surface area (Å²) in [5.74, 6) is 0.194. The molecule has 0 saturated heterocycles. The van der Waals surface area contributed by atoms with Gasteiger partial charge < -0.3 is 5.32 Å². The van der Waals surface area contributed by atoms with Crippen molar-refractivity contribution < 1.29 is 8.42 Å². The molecule has 0 amide bonds. The Labute approximate surface area is 104 Å². The molecule has 1 N–H and O–H groups in total. The van der Waals surface area contributed by atoms with Crippen molar-refractivity contribution in [2.24, 2.45) is 0 Å². The smallest absolute Gasteiger partial charge is 0.148 e. The fraction of sp³-hybridized carbons (Fsp3) is 0.538. The summed E-state index contributed by atoms with van der Waals surface area (Å²) in [5, 5.41) is 3.31. The zero-order valence-corrected chi connectivity index (χ0v) is 11.3. The first kappa shape index (κ1) is 14.2. The van der Waals surface area contributed by atoms with Crippen LogP contribution in [0.1, 0.15) is 31.4 Å². The molecular formula is C13H21NO2S. The molecule has 17 heavy (non-hydrogen) atoms. The molecule has 1 aromatic carbocycles. The highest BCUT2D eigenvalue weighted by Gasteiger charge is 2.10. The van der Waals surface area contributed by atoms with E-state index in [0.717, 1.165) is 12.8 Å². The van der Waals surface area contributed by atoms with Crippen LogP contribution in [0, 0.1) is 0 Å². The molecule has 3 nitrogen and oxygen atoms in total. The van der Waals surface area contributed by atoms with E-state index < -0.39 is 9.84 Å². The van der Waals surface area contributed by atoms with Gasteiger partial charge >= 0.3 is 0 Å². The third-order valence-corrected chi connectivity index (χ3v) is 3.59. The summed E-state index contributed by atoms with van der Waals surface area (Å²) in [5.41, 5.74) is 1.22. The van der Waals surface area contributed by atoms with Crippen molar-refractivity contribution in [3.63, 3.8) is 0 Å². The van der Waals surface area contributed by atoms with Crippen molar-refractivity contribution in [1.82, 2.24) is 5.32 Å². The summed E-state index contributed by atoms with van der Waals surface area (Å²) in [4.78, 5) is 0. The Kier molecular flexibility index (Phi) is 5.65. The molecule has 1 aromatic rings. The van der Waals surface area contributed by atoms with E-state index in [1.807, 2.05) is 18.2 Å².